The van der Waals surface area contributed by atoms with Gasteiger partial charge in [0, 0.05) is 12.8 Å². The van der Waals surface area contributed by atoms with Gasteiger partial charge in [0.15, 0.2) is 10.9 Å². The molecule has 1 fully saturated rings. The lowest BCUT2D eigenvalue weighted by molar-refractivity contribution is -0.921. The number of quaternary nitrogens is 1. The molecule has 0 saturated carbocycles. The molecule has 0 radical (unpaired) electrons. The van der Waals surface area contributed by atoms with E-state index in [1.54, 1.807) is 22.9 Å². The van der Waals surface area contributed by atoms with Gasteiger partial charge in [-0.2, -0.15) is 0 Å². The van der Waals surface area contributed by atoms with E-state index in [0.717, 1.165) is 35.6 Å². The molecule has 0 bridgehead atoms. The number of likely N-dealkylation sites (tertiary alicyclic amines) is 1. The van der Waals surface area contributed by atoms with Crippen molar-refractivity contribution in [1.29, 1.82) is 0 Å². The van der Waals surface area contributed by atoms with Crippen molar-refractivity contribution in [3.63, 3.8) is 0 Å². The molecule has 5 nitrogen and oxygen atoms in total. The number of thioether (sulfide) groups is 1. The van der Waals surface area contributed by atoms with Gasteiger partial charge in [-0.05, 0) is 30.5 Å². The predicted octanol–water partition coefficient (Wildman–Crippen LogP) is 2.66. The van der Waals surface area contributed by atoms with Gasteiger partial charge in [-0.3, -0.25) is 0 Å². The Morgan fingerprint density at radius 1 is 1.19 bits per heavy atom. The average Bonchev–Trinajstić information content (AvgIpc) is 3.31. The number of nitrogens with one attached hydrogen (secondary N) is 1. The zero-order valence-corrected chi connectivity index (χ0v) is 15.9. The standard InChI is InChI=1S/C20H24N4OS/c1-23-19(21-22-20(23)26-15-16-7-3-2-4-8-16)17-9-5-11-24(13-17)14-18-10-6-12-25-18/h2-4,6-8,10,12,17H,5,9,11,13-15H2,1H3/p+1/t17-/m1/s1. The normalized spacial score (nSPS) is 20.3. The van der Waals surface area contributed by atoms with Gasteiger partial charge in [-0.15, -0.1) is 10.2 Å². The molecule has 1 aromatic carbocycles. The molecule has 2 aromatic heterocycles. The number of rotatable bonds is 6. The van der Waals surface area contributed by atoms with Crippen LogP contribution in [-0.2, 0) is 19.3 Å². The van der Waals surface area contributed by atoms with Crippen LogP contribution in [0.4, 0.5) is 0 Å². The largest absolute Gasteiger partial charge is 0.463 e. The zero-order valence-electron chi connectivity index (χ0n) is 15.1. The van der Waals surface area contributed by atoms with E-state index in [-0.39, 0.29) is 0 Å². The highest BCUT2D eigenvalue weighted by Crippen LogP contribution is 2.26. The minimum atomic E-state index is 0.470. The van der Waals surface area contributed by atoms with Gasteiger partial charge in [-0.25, -0.2) is 0 Å². The molecule has 1 N–H and O–H groups in total. The molecule has 1 aliphatic rings. The van der Waals surface area contributed by atoms with Crippen molar-refractivity contribution in [3.05, 3.63) is 65.9 Å². The maximum absolute atomic E-state index is 5.52. The number of benzene rings is 1. The number of piperidine rings is 1. The second kappa shape index (κ2) is 8.10. The van der Waals surface area contributed by atoms with E-state index < -0.39 is 0 Å². The smallest absolute Gasteiger partial charge is 0.191 e. The van der Waals surface area contributed by atoms with Crippen molar-refractivity contribution in [2.24, 2.45) is 7.05 Å². The van der Waals surface area contributed by atoms with Crippen LogP contribution in [0.1, 0.15) is 35.9 Å². The number of nitrogens with zero attached hydrogens (tertiary/aromatic N) is 3. The highest BCUT2D eigenvalue weighted by Gasteiger charge is 2.29. The van der Waals surface area contributed by atoms with E-state index in [4.69, 9.17) is 4.42 Å². The van der Waals surface area contributed by atoms with E-state index in [1.165, 1.54) is 24.9 Å². The highest BCUT2D eigenvalue weighted by molar-refractivity contribution is 7.98. The lowest BCUT2D eigenvalue weighted by atomic mass is 9.97. The van der Waals surface area contributed by atoms with Crippen molar-refractivity contribution in [2.45, 2.75) is 36.2 Å². The second-order valence-electron chi connectivity index (χ2n) is 6.97. The Labute approximate surface area is 158 Å². The fourth-order valence-electron chi connectivity index (χ4n) is 3.72. The summed E-state index contributed by atoms with van der Waals surface area (Å²) in [6, 6.07) is 14.6. The van der Waals surface area contributed by atoms with Gasteiger partial charge in [0.2, 0.25) is 0 Å². The fourth-order valence-corrected chi connectivity index (χ4v) is 4.59. The Bertz CT molecular complexity index is 816. The van der Waals surface area contributed by atoms with Crippen LogP contribution in [0, 0.1) is 0 Å². The summed E-state index contributed by atoms with van der Waals surface area (Å²) in [7, 11) is 2.10. The van der Waals surface area contributed by atoms with Crippen LogP contribution in [0.25, 0.3) is 0 Å². The van der Waals surface area contributed by atoms with Crippen molar-refractivity contribution >= 4 is 11.8 Å². The second-order valence-corrected chi connectivity index (χ2v) is 7.92. The summed E-state index contributed by atoms with van der Waals surface area (Å²) in [5.74, 6) is 3.58. The van der Waals surface area contributed by atoms with Crippen molar-refractivity contribution in [3.8, 4) is 0 Å². The summed E-state index contributed by atoms with van der Waals surface area (Å²) in [5.41, 5.74) is 1.31. The fraction of sp³-hybridized carbons (Fsp3) is 0.400. The van der Waals surface area contributed by atoms with E-state index in [2.05, 4.69) is 58.2 Å². The van der Waals surface area contributed by atoms with Crippen LogP contribution < -0.4 is 4.90 Å². The van der Waals surface area contributed by atoms with Crippen molar-refractivity contribution in [1.82, 2.24) is 14.8 Å². The monoisotopic (exact) mass is 369 g/mol. The first-order valence-electron chi connectivity index (χ1n) is 9.21. The van der Waals surface area contributed by atoms with Crippen LogP contribution in [0.3, 0.4) is 0 Å². The average molecular weight is 370 g/mol. The first-order chi connectivity index (χ1) is 12.8. The predicted molar refractivity (Wildman–Crippen MR) is 102 cm³/mol. The van der Waals surface area contributed by atoms with Crippen LogP contribution >= 0.6 is 11.8 Å². The lowest BCUT2D eigenvalue weighted by Gasteiger charge is -2.28. The Balaban J connectivity index is 1.40. The molecule has 1 unspecified atom stereocenters. The summed E-state index contributed by atoms with van der Waals surface area (Å²) in [6.07, 6.45) is 4.17. The van der Waals surface area contributed by atoms with Gasteiger partial charge in [0.25, 0.3) is 0 Å². The molecule has 136 valence electrons. The van der Waals surface area contributed by atoms with Crippen LogP contribution in [0.2, 0.25) is 0 Å². The maximum atomic E-state index is 5.52. The first kappa shape index (κ1) is 17.4. The molecule has 3 heterocycles. The highest BCUT2D eigenvalue weighted by atomic mass is 32.2. The topological polar surface area (TPSA) is 48.3 Å². The summed E-state index contributed by atoms with van der Waals surface area (Å²) >= 11 is 1.76. The quantitative estimate of drug-likeness (QED) is 0.679. The molecule has 1 saturated heterocycles. The SMILES string of the molecule is Cn1c(SCc2ccccc2)nnc1[C@@H]1CCC[NH+](Cc2ccco2)C1. The molecule has 6 heteroatoms. The van der Waals surface area contributed by atoms with Gasteiger partial charge < -0.3 is 13.9 Å². The molecule has 0 amide bonds. The number of aromatic nitrogens is 3. The van der Waals surface area contributed by atoms with Gasteiger partial charge in [0.05, 0.1) is 25.3 Å². The molecule has 26 heavy (non-hydrogen) atoms. The van der Waals surface area contributed by atoms with Crippen molar-refractivity contribution < 1.29 is 9.32 Å². The molecule has 0 spiro atoms. The number of hydrogen-bond acceptors (Lipinski definition) is 4. The van der Waals surface area contributed by atoms with E-state index >= 15 is 0 Å². The summed E-state index contributed by atoms with van der Waals surface area (Å²) in [6.45, 7) is 3.25. The van der Waals surface area contributed by atoms with Gasteiger partial charge in [-0.1, -0.05) is 42.1 Å². The third-order valence-corrected chi connectivity index (χ3v) is 6.16. The van der Waals surface area contributed by atoms with E-state index in [1.807, 2.05) is 6.07 Å². The minimum absolute atomic E-state index is 0.470. The van der Waals surface area contributed by atoms with E-state index in [0.29, 0.717) is 5.92 Å². The molecule has 1 aliphatic heterocycles. The van der Waals surface area contributed by atoms with Gasteiger partial charge >= 0.3 is 0 Å². The Morgan fingerprint density at radius 3 is 2.88 bits per heavy atom. The summed E-state index contributed by atoms with van der Waals surface area (Å²) in [4.78, 5) is 1.57. The molecule has 2 atom stereocenters. The number of furan rings is 1. The Morgan fingerprint density at radius 2 is 2.08 bits per heavy atom. The van der Waals surface area contributed by atoms with Crippen LogP contribution in [0.5, 0.6) is 0 Å². The third kappa shape index (κ3) is 4.02. The molecular weight excluding hydrogens is 344 g/mol. The zero-order chi connectivity index (χ0) is 17.8. The molecule has 4 rings (SSSR count). The first-order valence-corrected chi connectivity index (χ1v) is 10.2. The van der Waals surface area contributed by atoms with Crippen LogP contribution in [0.15, 0.2) is 58.3 Å². The summed E-state index contributed by atoms with van der Waals surface area (Å²) in [5, 5.41) is 10.00. The summed E-state index contributed by atoms with van der Waals surface area (Å²) < 4.78 is 7.71. The molecular formula is C20H25N4OS+. The number of hydrogen-bond donors (Lipinski definition) is 1. The lowest BCUT2D eigenvalue weighted by Crippen LogP contribution is -3.12. The molecule has 0 aliphatic carbocycles. The van der Waals surface area contributed by atoms with Crippen molar-refractivity contribution in [2.75, 3.05) is 13.1 Å². The third-order valence-electron chi connectivity index (χ3n) is 5.07. The Hall–Kier alpha value is -2.05. The van der Waals surface area contributed by atoms with Gasteiger partial charge in [0.1, 0.15) is 12.4 Å². The Kier molecular flexibility index (Phi) is 5.41. The van der Waals surface area contributed by atoms with Crippen LogP contribution in [-0.4, -0.2) is 27.9 Å². The maximum Gasteiger partial charge on any atom is 0.191 e. The van der Waals surface area contributed by atoms with E-state index in [9.17, 15) is 0 Å². The molecule has 3 aromatic rings. The minimum Gasteiger partial charge on any atom is -0.463 e.